The van der Waals surface area contributed by atoms with Crippen molar-refractivity contribution in [3.63, 3.8) is 0 Å². The molecule has 4 aromatic rings. The summed E-state index contributed by atoms with van der Waals surface area (Å²) in [7, 11) is 0. The average molecular weight is 458 g/mol. The SMILES string of the molecule is CCOC(=O)c1c(-c2ccccc2)cc(-c2ccccc2)nc1-c1cccc(Br)c1. The minimum absolute atomic E-state index is 0.297. The Labute approximate surface area is 184 Å². The second-order valence-corrected chi connectivity index (χ2v) is 7.66. The van der Waals surface area contributed by atoms with E-state index >= 15 is 0 Å². The minimum Gasteiger partial charge on any atom is -0.462 e. The van der Waals surface area contributed by atoms with E-state index in [0.29, 0.717) is 17.9 Å². The van der Waals surface area contributed by atoms with E-state index in [1.54, 1.807) is 0 Å². The van der Waals surface area contributed by atoms with E-state index in [1.807, 2.05) is 97.9 Å². The van der Waals surface area contributed by atoms with Crippen molar-refractivity contribution in [2.24, 2.45) is 0 Å². The number of carbonyl (C=O) groups is 1. The third-order valence-electron chi connectivity index (χ3n) is 4.75. The van der Waals surface area contributed by atoms with Gasteiger partial charge in [-0.25, -0.2) is 9.78 Å². The van der Waals surface area contributed by atoms with Crippen molar-refractivity contribution < 1.29 is 9.53 Å². The van der Waals surface area contributed by atoms with E-state index in [0.717, 1.165) is 32.4 Å². The number of hydrogen-bond donors (Lipinski definition) is 0. The highest BCUT2D eigenvalue weighted by Crippen LogP contribution is 2.36. The van der Waals surface area contributed by atoms with Crippen molar-refractivity contribution in [3.05, 3.63) is 101 Å². The summed E-state index contributed by atoms with van der Waals surface area (Å²) in [4.78, 5) is 18.0. The van der Waals surface area contributed by atoms with E-state index in [2.05, 4.69) is 15.9 Å². The molecule has 0 aliphatic heterocycles. The highest BCUT2D eigenvalue weighted by Gasteiger charge is 2.23. The summed E-state index contributed by atoms with van der Waals surface area (Å²) in [5.74, 6) is -0.376. The lowest BCUT2D eigenvalue weighted by atomic mass is 9.93. The molecule has 0 bridgehead atoms. The van der Waals surface area contributed by atoms with E-state index in [-0.39, 0.29) is 5.97 Å². The van der Waals surface area contributed by atoms with Crippen molar-refractivity contribution in [1.29, 1.82) is 0 Å². The minimum atomic E-state index is -0.376. The average Bonchev–Trinajstić information content (AvgIpc) is 2.79. The third-order valence-corrected chi connectivity index (χ3v) is 5.24. The zero-order valence-electron chi connectivity index (χ0n) is 16.5. The van der Waals surface area contributed by atoms with E-state index in [4.69, 9.17) is 9.72 Å². The number of carbonyl (C=O) groups excluding carboxylic acids is 1. The van der Waals surface area contributed by atoms with Crippen LogP contribution in [0.5, 0.6) is 0 Å². The van der Waals surface area contributed by atoms with Crippen LogP contribution in [0.25, 0.3) is 33.6 Å². The second kappa shape index (κ2) is 9.06. The first-order chi connectivity index (χ1) is 14.7. The molecule has 4 rings (SSSR count). The fourth-order valence-corrected chi connectivity index (χ4v) is 3.80. The molecule has 0 aliphatic rings. The first-order valence-corrected chi connectivity index (χ1v) is 10.6. The number of aromatic nitrogens is 1. The van der Waals surface area contributed by atoms with Gasteiger partial charge in [-0.2, -0.15) is 0 Å². The third kappa shape index (κ3) is 4.19. The molecule has 0 saturated heterocycles. The van der Waals surface area contributed by atoms with Crippen LogP contribution in [0.2, 0.25) is 0 Å². The van der Waals surface area contributed by atoms with Crippen molar-refractivity contribution in [1.82, 2.24) is 4.98 Å². The molecule has 30 heavy (non-hydrogen) atoms. The first-order valence-electron chi connectivity index (χ1n) is 9.76. The number of nitrogens with zero attached hydrogens (tertiary/aromatic N) is 1. The highest BCUT2D eigenvalue weighted by molar-refractivity contribution is 9.10. The van der Waals surface area contributed by atoms with Gasteiger partial charge in [-0.3, -0.25) is 0 Å². The van der Waals surface area contributed by atoms with Crippen LogP contribution in [0.4, 0.5) is 0 Å². The monoisotopic (exact) mass is 457 g/mol. The van der Waals surface area contributed by atoms with Crippen LogP contribution in [0, 0.1) is 0 Å². The molecule has 0 amide bonds. The molecule has 1 heterocycles. The van der Waals surface area contributed by atoms with E-state index in [1.165, 1.54) is 0 Å². The lowest BCUT2D eigenvalue weighted by Gasteiger charge is -2.16. The maximum atomic E-state index is 13.1. The number of ether oxygens (including phenoxy) is 1. The van der Waals surface area contributed by atoms with Crippen molar-refractivity contribution in [2.45, 2.75) is 6.92 Å². The molecule has 0 saturated carbocycles. The van der Waals surface area contributed by atoms with Crippen LogP contribution in [0.3, 0.4) is 0 Å². The van der Waals surface area contributed by atoms with E-state index < -0.39 is 0 Å². The first kappa shape index (κ1) is 20.0. The largest absolute Gasteiger partial charge is 0.462 e. The summed E-state index contributed by atoms with van der Waals surface area (Å²) >= 11 is 3.53. The molecule has 0 spiro atoms. The molecule has 3 aromatic carbocycles. The van der Waals surface area contributed by atoms with Gasteiger partial charge in [-0.15, -0.1) is 0 Å². The van der Waals surface area contributed by atoms with Gasteiger partial charge in [0, 0.05) is 21.2 Å². The number of hydrogen-bond acceptors (Lipinski definition) is 3. The number of benzene rings is 3. The predicted molar refractivity (Wildman–Crippen MR) is 124 cm³/mol. The number of halogens is 1. The van der Waals surface area contributed by atoms with Crippen molar-refractivity contribution >= 4 is 21.9 Å². The van der Waals surface area contributed by atoms with Gasteiger partial charge in [0.25, 0.3) is 0 Å². The lowest BCUT2D eigenvalue weighted by molar-refractivity contribution is 0.0528. The molecule has 0 radical (unpaired) electrons. The topological polar surface area (TPSA) is 39.2 Å². The smallest absolute Gasteiger partial charge is 0.340 e. The zero-order valence-corrected chi connectivity index (χ0v) is 18.1. The van der Waals surface area contributed by atoms with Crippen LogP contribution in [0.15, 0.2) is 95.5 Å². The Morgan fingerprint density at radius 3 is 2.10 bits per heavy atom. The van der Waals surface area contributed by atoms with Crippen LogP contribution < -0.4 is 0 Å². The van der Waals surface area contributed by atoms with Crippen molar-refractivity contribution in [3.8, 4) is 33.6 Å². The van der Waals surface area contributed by atoms with Gasteiger partial charge in [0.2, 0.25) is 0 Å². The molecule has 1 aromatic heterocycles. The Morgan fingerprint density at radius 2 is 1.47 bits per heavy atom. The van der Waals surface area contributed by atoms with Gasteiger partial charge in [0.05, 0.1) is 23.6 Å². The molecule has 0 unspecified atom stereocenters. The van der Waals surface area contributed by atoms with Crippen LogP contribution in [-0.4, -0.2) is 17.6 Å². The van der Waals surface area contributed by atoms with Crippen LogP contribution in [-0.2, 0) is 4.74 Å². The predicted octanol–water partition coefficient (Wildman–Crippen LogP) is 7.02. The van der Waals surface area contributed by atoms with Gasteiger partial charge in [-0.05, 0) is 30.7 Å². The van der Waals surface area contributed by atoms with Gasteiger partial charge in [0.1, 0.15) is 0 Å². The summed E-state index contributed by atoms with van der Waals surface area (Å²) in [6, 6.07) is 29.6. The quantitative estimate of drug-likeness (QED) is 0.302. The van der Waals surface area contributed by atoms with Gasteiger partial charge < -0.3 is 4.74 Å². The molecule has 0 aliphatic carbocycles. The molecule has 0 fully saturated rings. The highest BCUT2D eigenvalue weighted by atomic mass is 79.9. The maximum Gasteiger partial charge on any atom is 0.340 e. The Kier molecular flexibility index (Phi) is 6.05. The molecular formula is C26H20BrNO2. The Morgan fingerprint density at radius 1 is 0.833 bits per heavy atom. The number of rotatable bonds is 5. The summed E-state index contributed by atoms with van der Waals surface area (Å²) < 4.78 is 6.36. The second-order valence-electron chi connectivity index (χ2n) is 6.74. The van der Waals surface area contributed by atoms with E-state index in [9.17, 15) is 4.79 Å². The number of pyridine rings is 1. The van der Waals surface area contributed by atoms with Gasteiger partial charge >= 0.3 is 5.97 Å². The maximum absolute atomic E-state index is 13.1. The summed E-state index contributed by atoms with van der Waals surface area (Å²) in [6.45, 7) is 2.11. The van der Waals surface area contributed by atoms with Crippen LogP contribution in [0.1, 0.15) is 17.3 Å². The molecular weight excluding hydrogens is 438 g/mol. The van der Waals surface area contributed by atoms with Gasteiger partial charge in [0.15, 0.2) is 0 Å². The fourth-order valence-electron chi connectivity index (χ4n) is 3.40. The normalized spacial score (nSPS) is 10.6. The molecule has 4 heteroatoms. The summed E-state index contributed by atoms with van der Waals surface area (Å²) in [5.41, 5.74) is 5.46. The fraction of sp³-hybridized carbons (Fsp3) is 0.0769. The molecule has 148 valence electrons. The number of esters is 1. The Balaban J connectivity index is 2.06. The molecule has 0 atom stereocenters. The Bertz CT molecular complexity index is 1170. The van der Waals surface area contributed by atoms with Crippen LogP contribution >= 0.6 is 15.9 Å². The molecule has 3 nitrogen and oxygen atoms in total. The molecule has 0 N–H and O–H groups in total. The zero-order chi connectivity index (χ0) is 20.9. The summed E-state index contributed by atoms with van der Waals surface area (Å²) in [6.07, 6.45) is 0. The lowest BCUT2D eigenvalue weighted by Crippen LogP contribution is -2.10. The van der Waals surface area contributed by atoms with Crippen molar-refractivity contribution in [2.75, 3.05) is 6.61 Å². The Hall–Kier alpha value is -3.24. The van der Waals surface area contributed by atoms with Gasteiger partial charge in [-0.1, -0.05) is 88.7 Å². The standard InChI is InChI=1S/C26H20BrNO2/c1-2-30-26(29)24-22(18-10-5-3-6-11-18)17-23(19-12-7-4-8-13-19)28-25(24)20-14-9-15-21(27)16-20/h3-17H,2H2,1H3. The summed E-state index contributed by atoms with van der Waals surface area (Å²) in [5, 5.41) is 0.